The average molecular weight is 221 g/mol. The predicted octanol–water partition coefficient (Wildman–Crippen LogP) is 1.75. The van der Waals surface area contributed by atoms with Crippen LogP contribution in [-0.4, -0.2) is 16.8 Å². The quantitative estimate of drug-likeness (QED) is 0.826. The summed E-state index contributed by atoms with van der Waals surface area (Å²) in [5.41, 5.74) is 7.08. The first-order valence-corrected chi connectivity index (χ1v) is 4.92. The molecule has 2 aromatic rings. The summed E-state index contributed by atoms with van der Waals surface area (Å²) in [7, 11) is 0. The Kier molecular flexibility index (Phi) is 3.05. The molecule has 0 aliphatic rings. The highest BCUT2D eigenvalue weighted by Gasteiger charge is 2.01. The molecule has 0 aliphatic heterocycles. The Morgan fingerprint density at radius 2 is 2.31 bits per heavy atom. The summed E-state index contributed by atoms with van der Waals surface area (Å²) in [5.74, 6) is 0.205. The lowest BCUT2D eigenvalue weighted by atomic mass is 10.3. The fraction of sp³-hybridized carbons (Fsp3) is 0.182. The van der Waals surface area contributed by atoms with E-state index in [2.05, 4.69) is 10.2 Å². The van der Waals surface area contributed by atoms with Crippen molar-refractivity contribution in [2.24, 2.45) is 0 Å². The lowest BCUT2D eigenvalue weighted by Gasteiger charge is -2.05. The molecule has 0 spiro atoms. The number of nitrogens with zero attached hydrogens (tertiary/aromatic N) is 1. The van der Waals surface area contributed by atoms with Crippen LogP contribution in [0.15, 0.2) is 30.5 Å². The van der Waals surface area contributed by atoms with Gasteiger partial charge in [-0.2, -0.15) is 5.10 Å². The number of nitrogens with two attached hydrogens (primary N) is 1. The highest BCUT2D eigenvalue weighted by atomic mass is 19.1. The zero-order chi connectivity index (χ0) is 11.4. The van der Waals surface area contributed by atoms with Crippen LogP contribution in [0, 0.1) is 5.82 Å². The number of ether oxygens (including phenoxy) is 1. The van der Waals surface area contributed by atoms with E-state index >= 15 is 0 Å². The maximum Gasteiger partial charge on any atom is 0.126 e. The summed E-state index contributed by atoms with van der Waals surface area (Å²) in [5, 5.41) is 6.57. The van der Waals surface area contributed by atoms with Crippen LogP contribution < -0.4 is 10.5 Å². The van der Waals surface area contributed by atoms with Crippen LogP contribution in [0.3, 0.4) is 0 Å². The van der Waals surface area contributed by atoms with Crippen molar-refractivity contribution >= 4 is 5.69 Å². The Labute approximate surface area is 92.2 Å². The molecule has 0 atom stereocenters. The number of hydrogen-bond donors (Lipinski definition) is 2. The maximum atomic E-state index is 12.8. The molecule has 1 aromatic carbocycles. The first-order chi connectivity index (χ1) is 7.75. The molecule has 0 fully saturated rings. The number of aromatic nitrogens is 2. The van der Waals surface area contributed by atoms with E-state index in [1.54, 1.807) is 18.3 Å². The highest BCUT2D eigenvalue weighted by Crippen LogP contribution is 2.13. The zero-order valence-corrected chi connectivity index (χ0v) is 8.61. The van der Waals surface area contributed by atoms with Crippen molar-refractivity contribution in [2.75, 3.05) is 12.3 Å². The van der Waals surface area contributed by atoms with Crippen LogP contribution in [0.25, 0.3) is 0 Å². The minimum absolute atomic E-state index is 0.307. The van der Waals surface area contributed by atoms with Crippen molar-refractivity contribution in [1.29, 1.82) is 0 Å². The minimum atomic E-state index is -0.307. The molecule has 3 N–H and O–H groups in total. The van der Waals surface area contributed by atoms with Gasteiger partial charge in [0.05, 0.1) is 24.2 Å². The molecule has 2 rings (SSSR count). The van der Waals surface area contributed by atoms with Crippen molar-refractivity contribution in [3.8, 4) is 5.75 Å². The SMILES string of the molecule is Nc1cn[nH]c1CCOc1cccc(F)c1. The largest absolute Gasteiger partial charge is 0.493 e. The summed E-state index contributed by atoms with van der Waals surface area (Å²) in [6.07, 6.45) is 2.17. The molecule has 0 amide bonds. The van der Waals surface area contributed by atoms with Crippen molar-refractivity contribution < 1.29 is 9.13 Å². The predicted molar refractivity (Wildman–Crippen MR) is 58.6 cm³/mol. The number of halogens is 1. The zero-order valence-electron chi connectivity index (χ0n) is 8.61. The first kappa shape index (κ1) is 10.5. The average Bonchev–Trinajstić information content (AvgIpc) is 2.65. The lowest BCUT2D eigenvalue weighted by molar-refractivity contribution is 0.319. The van der Waals surface area contributed by atoms with E-state index in [0.717, 1.165) is 5.69 Å². The van der Waals surface area contributed by atoms with Gasteiger partial charge in [-0.3, -0.25) is 5.10 Å². The van der Waals surface area contributed by atoms with Crippen LogP contribution in [0.4, 0.5) is 10.1 Å². The number of rotatable bonds is 4. The van der Waals surface area contributed by atoms with Gasteiger partial charge in [0, 0.05) is 12.5 Å². The number of aromatic amines is 1. The summed E-state index contributed by atoms with van der Waals surface area (Å²) in [6, 6.07) is 6.03. The van der Waals surface area contributed by atoms with Gasteiger partial charge in [0.15, 0.2) is 0 Å². The molecule has 84 valence electrons. The van der Waals surface area contributed by atoms with Gasteiger partial charge in [0.1, 0.15) is 11.6 Å². The number of nitrogens with one attached hydrogen (secondary N) is 1. The molecule has 0 aliphatic carbocycles. The molecule has 0 saturated heterocycles. The molecule has 5 heteroatoms. The van der Waals surface area contributed by atoms with Crippen LogP contribution >= 0.6 is 0 Å². The van der Waals surface area contributed by atoms with Gasteiger partial charge < -0.3 is 10.5 Å². The fourth-order valence-electron chi connectivity index (χ4n) is 1.35. The molecule has 0 radical (unpaired) electrons. The number of nitrogen functional groups attached to an aromatic ring is 1. The van der Waals surface area contributed by atoms with E-state index in [4.69, 9.17) is 10.5 Å². The minimum Gasteiger partial charge on any atom is -0.493 e. The molecule has 1 heterocycles. The second-order valence-electron chi connectivity index (χ2n) is 3.36. The third-order valence-corrected chi connectivity index (χ3v) is 2.17. The molecule has 1 aromatic heterocycles. The Hall–Kier alpha value is -2.04. The van der Waals surface area contributed by atoms with Crippen molar-refractivity contribution in [1.82, 2.24) is 10.2 Å². The van der Waals surface area contributed by atoms with E-state index < -0.39 is 0 Å². The van der Waals surface area contributed by atoms with E-state index in [-0.39, 0.29) is 5.82 Å². The summed E-state index contributed by atoms with van der Waals surface area (Å²) in [6.45, 7) is 0.426. The topological polar surface area (TPSA) is 63.9 Å². The fourth-order valence-corrected chi connectivity index (χ4v) is 1.35. The molecule has 0 bridgehead atoms. The van der Waals surface area contributed by atoms with Crippen LogP contribution in [0.1, 0.15) is 5.69 Å². The Bertz CT molecular complexity index is 470. The molecule has 0 saturated carbocycles. The third-order valence-electron chi connectivity index (χ3n) is 2.17. The first-order valence-electron chi connectivity index (χ1n) is 4.92. The summed E-state index contributed by atoms with van der Waals surface area (Å²) < 4.78 is 18.2. The van der Waals surface area contributed by atoms with Gasteiger partial charge in [-0.15, -0.1) is 0 Å². The summed E-state index contributed by atoms with van der Waals surface area (Å²) in [4.78, 5) is 0. The van der Waals surface area contributed by atoms with Crippen molar-refractivity contribution in [3.63, 3.8) is 0 Å². The lowest BCUT2D eigenvalue weighted by Crippen LogP contribution is -2.03. The van der Waals surface area contributed by atoms with Gasteiger partial charge >= 0.3 is 0 Å². The van der Waals surface area contributed by atoms with Crippen LogP contribution in [0.2, 0.25) is 0 Å². The molecular formula is C11H12FN3O. The smallest absolute Gasteiger partial charge is 0.126 e. The number of benzene rings is 1. The van der Waals surface area contributed by atoms with Crippen LogP contribution in [0.5, 0.6) is 5.75 Å². The van der Waals surface area contributed by atoms with E-state index in [0.29, 0.717) is 24.5 Å². The van der Waals surface area contributed by atoms with E-state index in [1.165, 1.54) is 12.1 Å². The van der Waals surface area contributed by atoms with Gasteiger partial charge in [-0.25, -0.2) is 4.39 Å². The van der Waals surface area contributed by atoms with Gasteiger partial charge in [-0.1, -0.05) is 6.07 Å². The standard InChI is InChI=1S/C11H12FN3O/c12-8-2-1-3-9(6-8)16-5-4-11-10(13)7-14-15-11/h1-3,6-7H,4-5,13H2,(H,14,15). The Morgan fingerprint density at radius 1 is 1.44 bits per heavy atom. The van der Waals surface area contributed by atoms with Crippen LogP contribution in [-0.2, 0) is 6.42 Å². The Balaban J connectivity index is 1.87. The number of anilines is 1. The van der Waals surface area contributed by atoms with E-state index in [9.17, 15) is 4.39 Å². The van der Waals surface area contributed by atoms with E-state index in [1.807, 2.05) is 0 Å². The summed E-state index contributed by atoms with van der Waals surface area (Å²) >= 11 is 0. The monoisotopic (exact) mass is 221 g/mol. The number of H-pyrrole nitrogens is 1. The Morgan fingerprint density at radius 3 is 3.00 bits per heavy atom. The van der Waals surface area contributed by atoms with Gasteiger partial charge in [0.25, 0.3) is 0 Å². The molecule has 0 unspecified atom stereocenters. The normalized spacial score (nSPS) is 10.3. The van der Waals surface area contributed by atoms with Gasteiger partial charge in [-0.05, 0) is 12.1 Å². The molecule has 4 nitrogen and oxygen atoms in total. The molecular weight excluding hydrogens is 209 g/mol. The van der Waals surface area contributed by atoms with Crippen molar-refractivity contribution in [3.05, 3.63) is 42.0 Å². The second kappa shape index (κ2) is 4.65. The van der Waals surface area contributed by atoms with Crippen molar-refractivity contribution in [2.45, 2.75) is 6.42 Å². The number of hydrogen-bond acceptors (Lipinski definition) is 3. The maximum absolute atomic E-state index is 12.8. The second-order valence-corrected chi connectivity index (χ2v) is 3.36. The van der Waals surface area contributed by atoms with Gasteiger partial charge in [0.2, 0.25) is 0 Å². The highest BCUT2D eigenvalue weighted by molar-refractivity contribution is 5.39. The molecule has 16 heavy (non-hydrogen) atoms. The third kappa shape index (κ3) is 2.50.